The molecule has 1 aliphatic heterocycles. The van der Waals surface area contributed by atoms with E-state index in [1.165, 1.54) is 29.1 Å². The van der Waals surface area contributed by atoms with E-state index in [1.807, 2.05) is 6.92 Å². The van der Waals surface area contributed by atoms with Gasteiger partial charge >= 0.3 is 5.95 Å². The summed E-state index contributed by atoms with van der Waals surface area (Å²) in [7, 11) is -3.97. The summed E-state index contributed by atoms with van der Waals surface area (Å²) in [6, 6.07) is 6.28. The van der Waals surface area contributed by atoms with Gasteiger partial charge in [-0.25, -0.2) is 4.57 Å². The summed E-state index contributed by atoms with van der Waals surface area (Å²) in [6.07, 6.45) is 1.37. The van der Waals surface area contributed by atoms with Crippen LogP contribution in [0.25, 0.3) is 0 Å². The van der Waals surface area contributed by atoms with Gasteiger partial charge in [0, 0.05) is 0 Å². The molecule has 1 saturated heterocycles. The number of nitrogens with zero attached hydrogens (tertiary/aromatic N) is 3. The van der Waals surface area contributed by atoms with Crippen LogP contribution in [0.1, 0.15) is 19.4 Å². The molecule has 1 aromatic heterocycles. The van der Waals surface area contributed by atoms with Crippen molar-refractivity contribution in [2.75, 3.05) is 6.61 Å². The highest BCUT2D eigenvalue weighted by atomic mass is 32.2. The van der Waals surface area contributed by atoms with Gasteiger partial charge < -0.3 is 19.6 Å². The van der Waals surface area contributed by atoms with Crippen molar-refractivity contribution in [1.82, 2.24) is 9.55 Å². The minimum Gasteiger partial charge on any atom is -0.390 e. The SMILES string of the molecule is Cc1ccc(S(=O)(=O)OCC2OC(C)(C)OC2Cn2ccnc2[N+](=O)[O-])cc1. The summed E-state index contributed by atoms with van der Waals surface area (Å²) in [6.45, 7) is 4.99. The fourth-order valence-electron chi connectivity index (χ4n) is 2.94. The molecule has 28 heavy (non-hydrogen) atoms. The van der Waals surface area contributed by atoms with Crippen molar-refractivity contribution in [3.05, 3.63) is 52.3 Å². The molecule has 2 heterocycles. The van der Waals surface area contributed by atoms with Crippen LogP contribution in [-0.2, 0) is 30.3 Å². The molecule has 0 spiro atoms. The molecule has 10 nitrogen and oxygen atoms in total. The molecule has 1 aromatic carbocycles. The predicted octanol–water partition coefficient (Wildman–Crippen LogP) is 2.03. The molecule has 1 aliphatic rings. The van der Waals surface area contributed by atoms with Gasteiger partial charge in [0.05, 0.1) is 11.5 Å². The van der Waals surface area contributed by atoms with Crippen molar-refractivity contribution >= 4 is 16.1 Å². The molecule has 0 radical (unpaired) electrons. The standard InChI is InChI=1S/C17H21N3O7S/c1-12-4-6-13(7-5-12)28(23,24)25-11-15-14(26-17(2,3)27-15)10-19-9-8-18-16(19)20(21)22/h4-9,14-15H,10-11H2,1-3H3. The summed E-state index contributed by atoms with van der Waals surface area (Å²) in [5.74, 6) is -1.32. The maximum atomic E-state index is 12.4. The lowest BCUT2D eigenvalue weighted by molar-refractivity contribution is -0.397. The molecular formula is C17H21N3O7S. The smallest absolute Gasteiger partial charge is 0.390 e. The lowest BCUT2D eigenvalue weighted by atomic mass is 10.2. The first kappa shape index (κ1) is 20.4. The van der Waals surface area contributed by atoms with E-state index >= 15 is 0 Å². The lowest BCUT2D eigenvalue weighted by Gasteiger charge is -2.16. The Morgan fingerprint density at radius 2 is 1.89 bits per heavy atom. The van der Waals surface area contributed by atoms with Gasteiger partial charge in [0.15, 0.2) is 5.79 Å². The van der Waals surface area contributed by atoms with Crippen LogP contribution in [0.3, 0.4) is 0 Å². The molecule has 3 rings (SSSR count). The maximum absolute atomic E-state index is 12.4. The van der Waals surface area contributed by atoms with Crippen molar-refractivity contribution in [3.63, 3.8) is 0 Å². The van der Waals surface area contributed by atoms with Crippen molar-refractivity contribution in [2.24, 2.45) is 0 Å². The van der Waals surface area contributed by atoms with Crippen LogP contribution in [0.15, 0.2) is 41.6 Å². The summed E-state index contributed by atoms with van der Waals surface area (Å²) in [4.78, 5) is 14.2. The third kappa shape index (κ3) is 4.55. The maximum Gasteiger partial charge on any atom is 0.434 e. The van der Waals surface area contributed by atoms with Gasteiger partial charge in [-0.15, -0.1) is 0 Å². The summed E-state index contributed by atoms with van der Waals surface area (Å²) >= 11 is 0. The zero-order chi connectivity index (χ0) is 20.5. The molecule has 2 aromatic rings. The molecule has 0 N–H and O–H groups in total. The molecule has 2 atom stereocenters. The van der Waals surface area contributed by atoms with Gasteiger partial charge in [-0.3, -0.25) is 4.18 Å². The Morgan fingerprint density at radius 3 is 2.54 bits per heavy atom. The largest absolute Gasteiger partial charge is 0.434 e. The molecule has 11 heteroatoms. The Hall–Kier alpha value is -2.34. The monoisotopic (exact) mass is 411 g/mol. The Labute approximate surface area is 162 Å². The van der Waals surface area contributed by atoms with Crippen LogP contribution in [0.5, 0.6) is 0 Å². The molecule has 152 valence electrons. The van der Waals surface area contributed by atoms with E-state index in [0.29, 0.717) is 0 Å². The number of aromatic nitrogens is 2. The minimum atomic E-state index is -3.97. The van der Waals surface area contributed by atoms with E-state index in [-0.39, 0.29) is 24.0 Å². The molecule has 0 aliphatic carbocycles. The zero-order valence-corrected chi connectivity index (χ0v) is 16.5. The second kappa shape index (κ2) is 7.59. The van der Waals surface area contributed by atoms with Crippen LogP contribution in [-0.4, -0.2) is 47.5 Å². The van der Waals surface area contributed by atoms with Gasteiger partial charge in [0.1, 0.15) is 31.1 Å². The first-order valence-corrected chi connectivity index (χ1v) is 9.95. The highest BCUT2D eigenvalue weighted by Gasteiger charge is 2.43. The van der Waals surface area contributed by atoms with Crippen molar-refractivity contribution in [2.45, 2.75) is 50.2 Å². The first-order chi connectivity index (χ1) is 13.1. The molecular weight excluding hydrogens is 390 g/mol. The van der Waals surface area contributed by atoms with E-state index in [0.717, 1.165) is 5.56 Å². The highest BCUT2D eigenvalue weighted by Crippen LogP contribution is 2.30. The number of hydrogen-bond acceptors (Lipinski definition) is 8. The summed E-state index contributed by atoms with van der Waals surface area (Å²) in [5, 5.41) is 11.0. The third-order valence-electron chi connectivity index (χ3n) is 4.22. The van der Waals surface area contributed by atoms with Gasteiger partial charge in [0.2, 0.25) is 0 Å². The van der Waals surface area contributed by atoms with Crippen LogP contribution >= 0.6 is 0 Å². The Bertz CT molecular complexity index is 953. The van der Waals surface area contributed by atoms with Gasteiger partial charge in [0.25, 0.3) is 10.1 Å². The first-order valence-electron chi connectivity index (χ1n) is 8.55. The number of aryl methyl sites for hydroxylation is 1. The van der Waals surface area contributed by atoms with Gasteiger partial charge in [-0.2, -0.15) is 8.42 Å². The summed E-state index contributed by atoms with van der Waals surface area (Å²) < 4.78 is 42.8. The average Bonchev–Trinajstić information content (AvgIpc) is 3.17. The van der Waals surface area contributed by atoms with Crippen molar-refractivity contribution in [3.8, 4) is 0 Å². The fraction of sp³-hybridized carbons (Fsp3) is 0.471. The van der Waals surface area contributed by atoms with Gasteiger partial charge in [-0.1, -0.05) is 22.7 Å². The van der Waals surface area contributed by atoms with E-state index in [1.54, 1.807) is 26.0 Å². The number of nitro groups is 1. The molecule has 1 fully saturated rings. The van der Waals surface area contributed by atoms with Crippen LogP contribution in [0.4, 0.5) is 5.95 Å². The second-order valence-electron chi connectivity index (χ2n) is 6.90. The van der Waals surface area contributed by atoms with E-state index in [2.05, 4.69) is 4.98 Å². The number of hydrogen-bond donors (Lipinski definition) is 0. The van der Waals surface area contributed by atoms with Crippen LogP contribution < -0.4 is 0 Å². The lowest BCUT2D eigenvalue weighted by Crippen LogP contribution is -2.32. The second-order valence-corrected chi connectivity index (χ2v) is 8.52. The van der Waals surface area contributed by atoms with E-state index < -0.39 is 33.0 Å². The topological polar surface area (TPSA) is 123 Å². The van der Waals surface area contributed by atoms with Gasteiger partial charge in [-0.05, 0) is 37.8 Å². The number of benzene rings is 1. The predicted molar refractivity (Wildman–Crippen MR) is 97.0 cm³/mol. The molecule has 0 saturated carbocycles. The Morgan fingerprint density at radius 1 is 1.25 bits per heavy atom. The Balaban J connectivity index is 1.72. The normalized spacial score (nSPS) is 21.7. The zero-order valence-electron chi connectivity index (χ0n) is 15.6. The number of imidazole rings is 1. The minimum absolute atomic E-state index is 0.0399. The summed E-state index contributed by atoms with van der Waals surface area (Å²) in [5.41, 5.74) is 0.926. The highest BCUT2D eigenvalue weighted by molar-refractivity contribution is 7.86. The van der Waals surface area contributed by atoms with Crippen LogP contribution in [0.2, 0.25) is 0 Å². The quantitative estimate of drug-likeness (QED) is 0.385. The van der Waals surface area contributed by atoms with Crippen molar-refractivity contribution < 1.29 is 27.0 Å². The fourth-order valence-corrected chi connectivity index (χ4v) is 3.86. The average molecular weight is 411 g/mol. The number of rotatable bonds is 7. The Kier molecular flexibility index (Phi) is 5.53. The number of ether oxygens (including phenoxy) is 2. The molecule has 2 unspecified atom stereocenters. The van der Waals surface area contributed by atoms with Crippen LogP contribution in [0, 0.1) is 17.0 Å². The van der Waals surface area contributed by atoms with E-state index in [9.17, 15) is 18.5 Å². The molecule has 0 bridgehead atoms. The van der Waals surface area contributed by atoms with E-state index in [4.69, 9.17) is 13.7 Å². The molecule has 0 amide bonds. The third-order valence-corrected chi connectivity index (χ3v) is 5.51. The van der Waals surface area contributed by atoms with Crippen molar-refractivity contribution in [1.29, 1.82) is 0 Å².